The Labute approximate surface area is 285 Å². The first-order valence-electron chi connectivity index (χ1n) is 17.2. The van der Waals surface area contributed by atoms with Gasteiger partial charge in [-0.1, -0.05) is 143 Å². The molecule has 0 radical (unpaired) electrons. The standard InChI is InChI=1S/C47H36S/c1-46(2)25-24-31-36-23-20-28-26-29(21-22-30(28)45(36)47(3,4)39(31)27-46)42-32-12-5-7-14-34(32)43(35-15-8-6-13-33(35)42)38-17-11-19-41-44(38)37-16-9-10-18-40(37)48-41/h5-24,26-27H,25H2,1-4H3. The van der Waals surface area contributed by atoms with Crippen LogP contribution in [0.15, 0.2) is 139 Å². The predicted molar refractivity (Wildman–Crippen MR) is 210 cm³/mol. The van der Waals surface area contributed by atoms with Gasteiger partial charge < -0.3 is 0 Å². The molecule has 2 aliphatic carbocycles. The molecule has 48 heavy (non-hydrogen) atoms. The third kappa shape index (κ3) is 3.83. The molecule has 0 fully saturated rings. The average molecular weight is 633 g/mol. The Hall–Kier alpha value is -4.98. The molecule has 230 valence electrons. The van der Waals surface area contributed by atoms with Crippen LogP contribution in [0.3, 0.4) is 0 Å². The second kappa shape index (κ2) is 9.78. The monoisotopic (exact) mass is 632 g/mol. The van der Waals surface area contributed by atoms with E-state index in [2.05, 4.69) is 161 Å². The van der Waals surface area contributed by atoms with Crippen LogP contribution in [0.5, 0.6) is 0 Å². The molecular formula is C47H36S. The molecule has 0 nitrogen and oxygen atoms in total. The molecule has 0 unspecified atom stereocenters. The molecule has 0 bridgehead atoms. The number of hydrogen-bond acceptors (Lipinski definition) is 1. The van der Waals surface area contributed by atoms with Crippen LogP contribution in [-0.4, -0.2) is 0 Å². The Kier molecular flexibility index (Phi) is 5.72. The summed E-state index contributed by atoms with van der Waals surface area (Å²) in [5.74, 6) is 0. The molecule has 0 saturated heterocycles. The van der Waals surface area contributed by atoms with Gasteiger partial charge in [-0.2, -0.15) is 0 Å². The topological polar surface area (TPSA) is 0 Å². The lowest BCUT2D eigenvalue weighted by Gasteiger charge is -2.30. The minimum atomic E-state index is -0.0340. The SMILES string of the molecule is CC1(C)C=C2C(=CC1)c1ccc3cc(-c4c5ccccc5c(-c5cccc6sc7ccccc7c56)c5ccccc45)ccc3c1C2(C)C. The number of hydrogen-bond donors (Lipinski definition) is 0. The fraction of sp³-hybridized carbons (Fsp3) is 0.149. The van der Waals surface area contributed by atoms with Crippen molar-refractivity contribution in [2.24, 2.45) is 5.41 Å². The smallest absolute Gasteiger partial charge is 0.0361 e. The van der Waals surface area contributed by atoms with Gasteiger partial charge in [0.05, 0.1) is 0 Å². The van der Waals surface area contributed by atoms with E-state index in [9.17, 15) is 0 Å². The number of allylic oxidation sites excluding steroid dienone is 4. The van der Waals surface area contributed by atoms with Gasteiger partial charge in [0.2, 0.25) is 0 Å². The van der Waals surface area contributed by atoms with Crippen LogP contribution in [0.25, 0.3) is 80.3 Å². The van der Waals surface area contributed by atoms with E-state index in [1.54, 1.807) is 0 Å². The fourth-order valence-electron chi connectivity index (χ4n) is 9.00. The summed E-state index contributed by atoms with van der Waals surface area (Å²) in [5, 5.41) is 10.6. The molecule has 1 aromatic heterocycles. The van der Waals surface area contributed by atoms with E-state index in [-0.39, 0.29) is 10.8 Å². The summed E-state index contributed by atoms with van der Waals surface area (Å²) in [6.07, 6.45) is 6.12. The van der Waals surface area contributed by atoms with Gasteiger partial charge in [0.1, 0.15) is 0 Å². The van der Waals surface area contributed by atoms with E-state index in [1.165, 1.54) is 97.0 Å². The Morgan fingerprint density at radius 1 is 0.542 bits per heavy atom. The van der Waals surface area contributed by atoms with E-state index in [0.717, 1.165) is 6.42 Å². The third-order valence-electron chi connectivity index (χ3n) is 11.2. The number of thiophene rings is 1. The van der Waals surface area contributed by atoms with Crippen LogP contribution < -0.4 is 0 Å². The highest BCUT2D eigenvalue weighted by Crippen LogP contribution is 2.56. The largest absolute Gasteiger partial charge is 0.135 e. The molecule has 2 aliphatic rings. The number of benzene rings is 7. The van der Waals surface area contributed by atoms with E-state index >= 15 is 0 Å². The second-order valence-corrected chi connectivity index (χ2v) is 16.1. The summed E-state index contributed by atoms with van der Waals surface area (Å²) in [7, 11) is 0. The Morgan fingerprint density at radius 3 is 1.92 bits per heavy atom. The molecule has 0 saturated carbocycles. The van der Waals surface area contributed by atoms with Crippen LogP contribution in [0.2, 0.25) is 0 Å². The van der Waals surface area contributed by atoms with Crippen LogP contribution in [-0.2, 0) is 5.41 Å². The average Bonchev–Trinajstić information content (AvgIpc) is 3.58. The zero-order valence-electron chi connectivity index (χ0n) is 27.8. The quantitative estimate of drug-likeness (QED) is 0.166. The molecule has 7 aromatic carbocycles. The van der Waals surface area contributed by atoms with Gasteiger partial charge >= 0.3 is 0 Å². The van der Waals surface area contributed by atoms with E-state index < -0.39 is 0 Å². The summed E-state index contributed by atoms with van der Waals surface area (Å²) < 4.78 is 2.68. The van der Waals surface area contributed by atoms with Crippen molar-refractivity contribution in [3.05, 3.63) is 150 Å². The summed E-state index contributed by atoms with van der Waals surface area (Å²) >= 11 is 1.89. The van der Waals surface area contributed by atoms with Crippen molar-refractivity contribution in [3.63, 3.8) is 0 Å². The van der Waals surface area contributed by atoms with Gasteiger partial charge in [-0.05, 0) is 107 Å². The van der Waals surface area contributed by atoms with Crippen LogP contribution in [0.4, 0.5) is 0 Å². The van der Waals surface area contributed by atoms with Crippen molar-refractivity contribution in [2.75, 3.05) is 0 Å². The highest BCUT2D eigenvalue weighted by atomic mass is 32.1. The van der Waals surface area contributed by atoms with Crippen molar-refractivity contribution >= 4 is 69.4 Å². The molecule has 1 heteroatoms. The molecule has 10 rings (SSSR count). The fourth-order valence-corrected chi connectivity index (χ4v) is 10.1. The maximum atomic E-state index is 2.54. The van der Waals surface area contributed by atoms with Gasteiger partial charge in [-0.15, -0.1) is 11.3 Å². The van der Waals surface area contributed by atoms with Crippen molar-refractivity contribution in [1.82, 2.24) is 0 Å². The van der Waals surface area contributed by atoms with E-state index in [0.29, 0.717) is 0 Å². The molecule has 0 amide bonds. The van der Waals surface area contributed by atoms with Crippen molar-refractivity contribution < 1.29 is 0 Å². The predicted octanol–water partition coefficient (Wildman–Crippen LogP) is 13.9. The zero-order chi connectivity index (χ0) is 32.4. The second-order valence-electron chi connectivity index (χ2n) is 15.0. The summed E-state index contributed by atoms with van der Waals surface area (Å²) in [4.78, 5) is 0. The van der Waals surface area contributed by atoms with Gasteiger partial charge in [0.25, 0.3) is 0 Å². The molecule has 0 N–H and O–H groups in total. The third-order valence-corrected chi connectivity index (χ3v) is 12.3. The summed E-state index contributed by atoms with van der Waals surface area (Å²) in [6.45, 7) is 9.56. The molecular weight excluding hydrogens is 597 g/mol. The number of fused-ring (bicyclic) bond motifs is 10. The highest BCUT2D eigenvalue weighted by molar-refractivity contribution is 7.25. The van der Waals surface area contributed by atoms with Gasteiger partial charge in [0, 0.05) is 25.6 Å². The van der Waals surface area contributed by atoms with Gasteiger partial charge in [-0.3, -0.25) is 0 Å². The van der Waals surface area contributed by atoms with Gasteiger partial charge in [-0.25, -0.2) is 0 Å². The van der Waals surface area contributed by atoms with Crippen LogP contribution in [0, 0.1) is 5.41 Å². The van der Waals surface area contributed by atoms with Crippen molar-refractivity contribution in [1.29, 1.82) is 0 Å². The normalized spacial score (nSPS) is 16.4. The molecule has 0 aliphatic heterocycles. The lowest BCUT2D eigenvalue weighted by Crippen LogP contribution is -2.20. The van der Waals surface area contributed by atoms with Crippen molar-refractivity contribution in [2.45, 2.75) is 39.5 Å². The molecule has 0 spiro atoms. The molecule has 8 aromatic rings. The number of rotatable bonds is 2. The molecule has 0 atom stereocenters. The Bertz CT molecular complexity index is 2690. The van der Waals surface area contributed by atoms with Gasteiger partial charge in [0.15, 0.2) is 0 Å². The summed E-state index contributed by atoms with van der Waals surface area (Å²) in [6, 6.07) is 45.8. The highest BCUT2D eigenvalue weighted by Gasteiger charge is 2.42. The van der Waals surface area contributed by atoms with E-state index in [1.807, 2.05) is 11.3 Å². The van der Waals surface area contributed by atoms with Crippen LogP contribution in [0.1, 0.15) is 45.2 Å². The first-order chi connectivity index (χ1) is 23.3. The Morgan fingerprint density at radius 2 is 1.19 bits per heavy atom. The molecule has 1 heterocycles. The Balaban J connectivity index is 1.24. The first-order valence-corrected chi connectivity index (χ1v) is 18.0. The lowest BCUT2D eigenvalue weighted by molar-refractivity contribution is 0.473. The maximum absolute atomic E-state index is 2.54. The van der Waals surface area contributed by atoms with E-state index in [4.69, 9.17) is 0 Å². The first kappa shape index (κ1) is 28.1. The lowest BCUT2D eigenvalue weighted by atomic mass is 9.73. The van der Waals surface area contributed by atoms with Crippen LogP contribution >= 0.6 is 11.3 Å². The maximum Gasteiger partial charge on any atom is 0.0361 e. The minimum Gasteiger partial charge on any atom is -0.135 e. The zero-order valence-corrected chi connectivity index (χ0v) is 28.6. The summed E-state index contributed by atoms with van der Waals surface area (Å²) in [5.41, 5.74) is 11.2. The van der Waals surface area contributed by atoms with Crippen molar-refractivity contribution in [3.8, 4) is 22.3 Å². The minimum absolute atomic E-state index is 0.0340.